The summed E-state index contributed by atoms with van der Waals surface area (Å²) >= 11 is 0. The summed E-state index contributed by atoms with van der Waals surface area (Å²) in [5.74, 6) is 0.622. The molecule has 0 aliphatic rings. The van der Waals surface area contributed by atoms with Gasteiger partial charge in [0.15, 0.2) is 0 Å². The molecule has 0 saturated carbocycles. The number of ether oxygens (including phenoxy) is 1. The zero-order valence-electron chi connectivity index (χ0n) is 8.36. The van der Waals surface area contributed by atoms with Crippen LogP contribution >= 0.6 is 0 Å². The highest BCUT2D eigenvalue weighted by Gasteiger charge is 2.08. The van der Waals surface area contributed by atoms with Gasteiger partial charge in [-0.05, 0) is 12.5 Å². The number of rotatable bonds is 4. The Kier molecular flexibility index (Phi) is 3.59. The summed E-state index contributed by atoms with van der Waals surface area (Å²) < 4.78 is 4.91. The number of methoxy groups -OCH3 is 1. The van der Waals surface area contributed by atoms with Gasteiger partial charge in [0.25, 0.3) is 0 Å². The lowest BCUT2D eigenvalue weighted by Crippen LogP contribution is -2.13. The van der Waals surface area contributed by atoms with Crippen molar-refractivity contribution >= 4 is 5.78 Å². The lowest BCUT2D eigenvalue weighted by molar-refractivity contribution is -0.117. The van der Waals surface area contributed by atoms with Crippen molar-refractivity contribution in [2.24, 2.45) is 5.73 Å². The Morgan fingerprint density at radius 1 is 1.64 bits per heavy atom. The number of Topliss-reactive ketones (excluding diaryl/α,β-unsaturated/α-hetero) is 1. The summed E-state index contributed by atoms with van der Waals surface area (Å²) in [5.41, 5.74) is 6.63. The van der Waals surface area contributed by atoms with Crippen molar-refractivity contribution in [3.05, 3.63) is 23.9 Å². The molecule has 4 nitrogen and oxygen atoms in total. The van der Waals surface area contributed by atoms with Gasteiger partial charge in [0.05, 0.1) is 7.11 Å². The van der Waals surface area contributed by atoms with Crippen molar-refractivity contribution in [3.63, 3.8) is 0 Å². The van der Waals surface area contributed by atoms with Crippen molar-refractivity contribution in [2.45, 2.75) is 19.4 Å². The molecule has 1 aromatic heterocycles. The molecule has 0 aliphatic heterocycles. The minimum absolute atomic E-state index is 0.0771. The van der Waals surface area contributed by atoms with Crippen LogP contribution < -0.4 is 10.5 Å². The lowest BCUT2D eigenvalue weighted by Gasteiger charge is -2.09. The van der Waals surface area contributed by atoms with Crippen LogP contribution in [-0.4, -0.2) is 17.9 Å². The molecule has 4 heteroatoms. The van der Waals surface area contributed by atoms with Crippen LogP contribution in [0.25, 0.3) is 0 Å². The third-order valence-electron chi connectivity index (χ3n) is 1.90. The standard InChI is InChI=1S/C10H14N2O2/c1-7(13)5-9(11)8-3-4-10(14-2)12-6-8/h3-4,6,9H,5,11H2,1-2H3. The van der Waals surface area contributed by atoms with Crippen LogP contribution in [-0.2, 0) is 4.79 Å². The van der Waals surface area contributed by atoms with Crippen LogP contribution in [0.1, 0.15) is 24.9 Å². The quantitative estimate of drug-likeness (QED) is 0.778. The third kappa shape index (κ3) is 2.81. The number of nitrogens with zero attached hydrogens (tertiary/aromatic N) is 1. The van der Waals surface area contributed by atoms with Gasteiger partial charge >= 0.3 is 0 Å². The second-order valence-corrected chi connectivity index (χ2v) is 3.15. The van der Waals surface area contributed by atoms with Crippen LogP contribution in [0, 0.1) is 0 Å². The first-order chi connectivity index (χ1) is 6.63. The Morgan fingerprint density at radius 2 is 2.36 bits per heavy atom. The van der Waals surface area contributed by atoms with E-state index < -0.39 is 0 Å². The van der Waals surface area contributed by atoms with E-state index in [2.05, 4.69) is 4.98 Å². The molecule has 0 fully saturated rings. The van der Waals surface area contributed by atoms with Crippen molar-refractivity contribution in [3.8, 4) is 5.88 Å². The largest absolute Gasteiger partial charge is 0.481 e. The summed E-state index contributed by atoms with van der Waals surface area (Å²) in [7, 11) is 1.55. The molecular formula is C10H14N2O2. The molecule has 0 saturated heterocycles. The van der Waals surface area contributed by atoms with Crippen LogP contribution in [0.15, 0.2) is 18.3 Å². The van der Waals surface area contributed by atoms with E-state index in [4.69, 9.17) is 10.5 Å². The summed E-state index contributed by atoms with van der Waals surface area (Å²) in [5, 5.41) is 0. The highest BCUT2D eigenvalue weighted by atomic mass is 16.5. The molecule has 1 atom stereocenters. The number of ketones is 1. The first-order valence-electron chi connectivity index (χ1n) is 4.38. The predicted molar refractivity (Wildman–Crippen MR) is 53.0 cm³/mol. The minimum Gasteiger partial charge on any atom is -0.481 e. The van der Waals surface area contributed by atoms with Gasteiger partial charge in [-0.1, -0.05) is 6.07 Å². The maximum Gasteiger partial charge on any atom is 0.212 e. The van der Waals surface area contributed by atoms with E-state index in [9.17, 15) is 4.79 Å². The molecule has 0 spiro atoms. The van der Waals surface area contributed by atoms with E-state index >= 15 is 0 Å². The number of carbonyl (C=O) groups excluding carboxylic acids is 1. The van der Waals surface area contributed by atoms with Gasteiger partial charge in [0.1, 0.15) is 5.78 Å². The van der Waals surface area contributed by atoms with Gasteiger partial charge in [-0.3, -0.25) is 4.79 Å². The van der Waals surface area contributed by atoms with Crippen LogP contribution in [0.4, 0.5) is 0 Å². The highest BCUT2D eigenvalue weighted by Crippen LogP contribution is 2.15. The third-order valence-corrected chi connectivity index (χ3v) is 1.90. The summed E-state index contributed by atoms with van der Waals surface area (Å²) in [6.07, 6.45) is 1.97. The van der Waals surface area contributed by atoms with Crippen LogP contribution in [0.2, 0.25) is 0 Å². The maximum atomic E-state index is 10.8. The predicted octanol–water partition coefficient (Wildman–Crippen LogP) is 1.07. The molecular weight excluding hydrogens is 180 g/mol. The zero-order chi connectivity index (χ0) is 10.6. The van der Waals surface area contributed by atoms with E-state index in [1.807, 2.05) is 6.07 Å². The molecule has 1 aromatic rings. The van der Waals surface area contributed by atoms with Crippen molar-refractivity contribution in [1.82, 2.24) is 4.98 Å². The molecule has 0 bridgehead atoms. The zero-order valence-corrected chi connectivity index (χ0v) is 8.36. The average molecular weight is 194 g/mol. The Bertz CT molecular complexity index is 308. The summed E-state index contributed by atoms with van der Waals surface area (Å²) in [4.78, 5) is 14.8. The summed E-state index contributed by atoms with van der Waals surface area (Å²) in [6.45, 7) is 1.52. The van der Waals surface area contributed by atoms with Crippen LogP contribution in [0.3, 0.4) is 0 Å². The number of aromatic nitrogens is 1. The Labute approximate surface area is 83.1 Å². The molecule has 1 rings (SSSR count). The van der Waals surface area contributed by atoms with E-state index in [0.29, 0.717) is 12.3 Å². The maximum absolute atomic E-state index is 10.8. The van der Waals surface area contributed by atoms with Crippen molar-refractivity contribution < 1.29 is 9.53 Å². The van der Waals surface area contributed by atoms with Gasteiger partial charge in [0, 0.05) is 24.7 Å². The van der Waals surface area contributed by atoms with E-state index in [-0.39, 0.29) is 11.8 Å². The monoisotopic (exact) mass is 194 g/mol. The molecule has 76 valence electrons. The first-order valence-corrected chi connectivity index (χ1v) is 4.38. The number of nitrogens with two attached hydrogens (primary N) is 1. The van der Waals surface area contributed by atoms with Gasteiger partial charge < -0.3 is 10.5 Å². The Morgan fingerprint density at radius 3 is 2.79 bits per heavy atom. The topological polar surface area (TPSA) is 65.2 Å². The smallest absolute Gasteiger partial charge is 0.212 e. The van der Waals surface area contributed by atoms with Gasteiger partial charge in [-0.2, -0.15) is 0 Å². The second-order valence-electron chi connectivity index (χ2n) is 3.15. The number of hydrogen-bond acceptors (Lipinski definition) is 4. The first kappa shape index (κ1) is 10.7. The number of pyridine rings is 1. The molecule has 2 N–H and O–H groups in total. The molecule has 0 amide bonds. The molecule has 0 radical (unpaired) electrons. The molecule has 1 unspecified atom stereocenters. The molecule has 0 aromatic carbocycles. The van der Waals surface area contributed by atoms with E-state index in [1.165, 1.54) is 6.92 Å². The molecule has 1 heterocycles. The molecule has 14 heavy (non-hydrogen) atoms. The second kappa shape index (κ2) is 4.72. The number of carbonyl (C=O) groups is 1. The minimum atomic E-state index is -0.272. The highest BCUT2D eigenvalue weighted by molar-refractivity contribution is 5.76. The Hall–Kier alpha value is -1.42. The fourth-order valence-electron chi connectivity index (χ4n) is 1.16. The normalized spacial score (nSPS) is 12.2. The van der Waals surface area contributed by atoms with E-state index in [0.717, 1.165) is 5.56 Å². The average Bonchev–Trinajstić information content (AvgIpc) is 2.17. The Balaban J connectivity index is 2.71. The van der Waals surface area contributed by atoms with Gasteiger partial charge in [-0.25, -0.2) is 4.98 Å². The summed E-state index contributed by atoms with van der Waals surface area (Å²) in [6, 6.07) is 3.28. The lowest BCUT2D eigenvalue weighted by atomic mass is 10.1. The fraction of sp³-hybridized carbons (Fsp3) is 0.400. The molecule has 0 aliphatic carbocycles. The van der Waals surface area contributed by atoms with Gasteiger partial charge in [-0.15, -0.1) is 0 Å². The number of hydrogen-bond donors (Lipinski definition) is 1. The van der Waals surface area contributed by atoms with Crippen molar-refractivity contribution in [1.29, 1.82) is 0 Å². The van der Waals surface area contributed by atoms with Crippen LogP contribution in [0.5, 0.6) is 5.88 Å². The van der Waals surface area contributed by atoms with E-state index in [1.54, 1.807) is 19.4 Å². The fourth-order valence-corrected chi connectivity index (χ4v) is 1.16. The van der Waals surface area contributed by atoms with Crippen molar-refractivity contribution in [2.75, 3.05) is 7.11 Å². The SMILES string of the molecule is COc1ccc(C(N)CC(C)=O)cn1. The van der Waals surface area contributed by atoms with Gasteiger partial charge in [0.2, 0.25) is 5.88 Å².